The van der Waals surface area contributed by atoms with E-state index >= 15 is 0 Å². The lowest BCUT2D eigenvalue weighted by Gasteiger charge is -2.62. The second-order valence-corrected chi connectivity index (χ2v) is 14.7. The Morgan fingerprint density at radius 1 is 1.02 bits per heavy atom. The highest BCUT2D eigenvalue weighted by atomic mass is 16.3. The Morgan fingerprint density at radius 2 is 1.63 bits per heavy atom. The van der Waals surface area contributed by atoms with Gasteiger partial charge in [-0.2, -0.15) is 0 Å². The zero-order chi connectivity index (χ0) is 30.4. The average molecular weight is 565 g/mol. The summed E-state index contributed by atoms with van der Waals surface area (Å²) in [5.41, 5.74) is -2.64. The van der Waals surface area contributed by atoms with Crippen molar-refractivity contribution >= 4 is 28.9 Å². The molecule has 0 radical (unpaired) electrons. The van der Waals surface area contributed by atoms with Crippen LogP contribution in [0.4, 0.5) is 0 Å². The highest BCUT2D eigenvalue weighted by molar-refractivity contribution is 6.32. The minimum atomic E-state index is -2.67. The maximum absolute atomic E-state index is 14.5. The number of phenolic OH excluding ortho intramolecular Hbond substituents is 1. The molecule has 0 heterocycles. The van der Waals surface area contributed by atoms with Crippen LogP contribution in [0.25, 0.3) is 0 Å². The van der Waals surface area contributed by atoms with E-state index in [0.717, 1.165) is 43.7 Å². The van der Waals surface area contributed by atoms with Crippen molar-refractivity contribution in [2.45, 2.75) is 105 Å². The Kier molecular flexibility index (Phi) is 7.04. The van der Waals surface area contributed by atoms with E-state index in [1.807, 2.05) is 26.8 Å². The summed E-state index contributed by atoms with van der Waals surface area (Å²) in [4.78, 5) is 69.0. The number of fused-ring (bicyclic) bond motifs is 3. The van der Waals surface area contributed by atoms with Crippen molar-refractivity contribution in [2.24, 2.45) is 40.4 Å². The molecule has 4 aliphatic rings. The van der Waals surface area contributed by atoms with Crippen LogP contribution in [0.1, 0.15) is 114 Å². The molecule has 3 fully saturated rings. The van der Waals surface area contributed by atoms with Crippen LogP contribution >= 0.6 is 0 Å². The second-order valence-electron chi connectivity index (χ2n) is 14.7. The Morgan fingerprint density at radius 3 is 2.17 bits per heavy atom. The molecule has 1 aromatic rings. The fourth-order valence-corrected chi connectivity index (χ4v) is 9.49. The summed E-state index contributed by atoms with van der Waals surface area (Å²) in [7, 11) is 0. The van der Waals surface area contributed by atoms with Crippen LogP contribution in [-0.2, 0) is 32.0 Å². The van der Waals surface area contributed by atoms with E-state index in [1.165, 1.54) is 0 Å². The molecule has 7 nitrogen and oxygen atoms in total. The predicted molar refractivity (Wildman–Crippen MR) is 153 cm³/mol. The summed E-state index contributed by atoms with van der Waals surface area (Å²) < 4.78 is 0. The molecule has 1 aromatic carbocycles. The summed E-state index contributed by atoms with van der Waals surface area (Å²) in [5, 5.41) is 23.7. The largest absolute Gasteiger partial charge is 0.507 e. The molecule has 3 unspecified atom stereocenters. The molecule has 0 aliphatic heterocycles. The number of carbonyl (C=O) groups excluding carboxylic acids is 5. The van der Waals surface area contributed by atoms with Crippen LogP contribution < -0.4 is 0 Å². The summed E-state index contributed by atoms with van der Waals surface area (Å²) >= 11 is 0. The van der Waals surface area contributed by atoms with Crippen molar-refractivity contribution in [3.8, 4) is 5.75 Å². The predicted octanol–water partition coefficient (Wildman–Crippen LogP) is 4.95. The van der Waals surface area contributed by atoms with Gasteiger partial charge in [-0.3, -0.25) is 24.0 Å². The van der Waals surface area contributed by atoms with Gasteiger partial charge in [-0.25, -0.2) is 0 Å². The van der Waals surface area contributed by atoms with Crippen molar-refractivity contribution in [2.75, 3.05) is 0 Å². The van der Waals surface area contributed by atoms with E-state index in [1.54, 1.807) is 20.8 Å². The number of ketones is 5. The van der Waals surface area contributed by atoms with Crippen LogP contribution in [0.3, 0.4) is 0 Å². The monoisotopic (exact) mass is 564 g/mol. The number of carbonyl (C=O) groups is 5. The maximum Gasteiger partial charge on any atom is 0.190 e. The van der Waals surface area contributed by atoms with Gasteiger partial charge in [0.2, 0.25) is 0 Å². The molecule has 3 saturated carbocycles. The molecule has 4 aliphatic carbocycles. The number of benzene rings is 1. The van der Waals surface area contributed by atoms with Crippen LogP contribution in [0.5, 0.6) is 5.75 Å². The van der Waals surface area contributed by atoms with Gasteiger partial charge < -0.3 is 10.2 Å². The van der Waals surface area contributed by atoms with Crippen molar-refractivity contribution in [3.63, 3.8) is 0 Å². The first-order chi connectivity index (χ1) is 19.0. The van der Waals surface area contributed by atoms with Gasteiger partial charge in [0.05, 0.1) is 11.5 Å². The lowest BCUT2D eigenvalue weighted by molar-refractivity contribution is -0.205. The van der Waals surface area contributed by atoms with E-state index in [-0.39, 0.29) is 29.6 Å². The Balaban J connectivity index is 1.71. The van der Waals surface area contributed by atoms with Gasteiger partial charge in [0.1, 0.15) is 17.5 Å². The first-order valence-corrected chi connectivity index (χ1v) is 15.3. The van der Waals surface area contributed by atoms with Crippen molar-refractivity contribution in [1.29, 1.82) is 0 Å². The third-order valence-electron chi connectivity index (χ3n) is 11.1. The number of Topliss-reactive ketones (excluding diaryl/α,β-unsaturated/α-hetero) is 5. The van der Waals surface area contributed by atoms with Gasteiger partial charge in [-0.05, 0) is 66.0 Å². The van der Waals surface area contributed by atoms with Gasteiger partial charge in [-0.15, -0.1) is 0 Å². The van der Waals surface area contributed by atoms with Crippen molar-refractivity contribution in [3.05, 3.63) is 28.3 Å². The molecule has 7 heteroatoms. The standard InChI is InChI=1S/C34H44O7/c1-16(2)21-13-20(12-19-10-8-9-11-19)27(36)24-22(21)14-32(6)15-33(7)25(17(3)4)28(37)23(18(5)35)30(39)34(33,41)31(40)26(32)29(24)38/h13,16-17,19,23,25-26,36,41H,8-12,14-15H2,1-7H3/t23?,25?,26?,32-,33-,34+/m1/s1. The quantitative estimate of drug-likeness (QED) is 0.485. The number of aromatic hydroxyl groups is 1. The van der Waals surface area contributed by atoms with Gasteiger partial charge in [0.15, 0.2) is 28.7 Å². The molecule has 0 saturated heterocycles. The van der Waals surface area contributed by atoms with Crippen LogP contribution in [0.2, 0.25) is 0 Å². The van der Waals surface area contributed by atoms with E-state index in [9.17, 15) is 34.2 Å². The molecule has 41 heavy (non-hydrogen) atoms. The van der Waals surface area contributed by atoms with Gasteiger partial charge >= 0.3 is 0 Å². The second kappa shape index (κ2) is 9.68. The molecular formula is C34H44O7. The van der Waals surface area contributed by atoms with E-state index in [2.05, 4.69) is 0 Å². The van der Waals surface area contributed by atoms with E-state index in [0.29, 0.717) is 24.3 Å². The Bertz CT molecular complexity index is 1370. The minimum Gasteiger partial charge on any atom is -0.507 e. The fourth-order valence-electron chi connectivity index (χ4n) is 9.49. The number of phenols is 1. The lowest BCUT2D eigenvalue weighted by Crippen LogP contribution is -2.76. The molecule has 0 bridgehead atoms. The SMILES string of the molecule is CC(=O)C1C(=O)C(C(C)C)[C@@]2(C)C[C@@]3(C)Cc4c(C(C)C)cc(CC5CCCC5)c(O)c4C(=O)C3C(=O)[C@@]2(O)C1=O. The molecular weight excluding hydrogens is 520 g/mol. The van der Waals surface area contributed by atoms with Crippen LogP contribution in [0, 0.1) is 40.4 Å². The van der Waals surface area contributed by atoms with Crippen molar-refractivity contribution < 1.29 is 34.2 Å². The first-order valence-electron chi connectivity index (χ1n) is 15.3. The summed E-state index contributed by atoms with van der Waals surface area (Å²) in [5.74, 6) is -7.90. The number of hydrogen-bond acceptors (Lipinski definition) is 7. The Hall–Kier alpha value is -2.67. The van der Waals surface area contributed by atoms with Gasteiger partial charge in [0, 0.05) is 11.3 Å². The first kappa shape index (κ1) is 29.8. The van der Waals surface area contributed by atoms with Gasteiger partial charge in [0.25, 0.3) is 0 Å². The molecule has 6 atom stereocenters. The zero-order valence-corrected chi connectivity index (χ0v) is 25.4. The van der Waals surface area contributed by atoms with Crippen LogP contribution in [0.15, 0.2) is 6.07 Å². The number of rotatable bonds is 5. The molecule has 0 aromatic heterocycles. The third kappa shape index (κ3) is 3.97. The summed E-state index contributed by atoms with van der Waals surface area (Å²) in [6.45, 7) is 12.2. The van der Waals surface area contributed by atoms with Crippen LogP contribution in [-0.4, -0.2) is 44.7 Å². The lowest BCUT2D eigenvalue weighted by atomic mass is 9.39. The fraction of sp³-hybridized carbons (Fsp3) is 0.676. The topological polar surface area (TPSA) is 126 Å². The zero-order valence-electron chi connectivity index (χ0n) is 25.4. The highest BCUT2D eigenvalue weighted by Gasteiger charge is 2.76. The molecule has 2 N–H and O–H groups in total. The van der Waals surface area contributed by atoms with E-state index < -0.39 is 63.1 Å². The number of hydrogen-bond donors (Lipinski definition) is 2. The van der Waals surface area contributed by atoms with E-state index in [4.69, 9.17) is 0 Å². The molecule has 0 spiro atoms. The average Bonchev–Trinajstić information content (AvgIpc) is 3.35. The Labute approximate surface area is 242 Å². The third-order valence-corrected chi connectivity index (χ3v) is 11.1. The summed E-state index contributed by atoms with van der Waals surface area (Å²) in [6.07, 6.45) is 5.46. The van der Waals surface area contributed by atoms with Gasteiger partial charge in [-0.1, -0.05) is 73.3 Å². The minimum absolute atomic E-state index is 0.0593. The smallest absolute Gasteiger partial charge is 0.190 e. The normalized spacial score (nSPS) is 35.6. The molecule has 5 rings (SSSR count). The number of aliphatic hydroxyl groups is 1. The van der Waals surface area contributed by atoms with Crippen molar-refractivity contribution in [1.82, 2.24) is 0 Å². The molecule has 222 valence electrons. The molecule has 0 amide bonds. The summed E-state index contributed by atoms with van der Waals surface area (Å²) in [6, 6.07) is 2.03. The maximum atomic E-state index is 14.5. The highest BCUT2D eigenvalue weighted by Crippen LogP contribution is 2.64.